The number of rotatable bonds is 5. The summed E-state index contributed by atoms with van der Waals surface area (Å²) in [5.41, 5.74) is 3.14. The molecule has 3 rings (SSSR count). The van der Waals surface area contributed by atoms with E-state index in [-0.39, 0.29) is 11.7 Å². The number of ketones is 1. The van der Waals surface area contributed by atoms with Gasteiger partial charge in [0, 0.05) is 18.0 Å². The zero-order chi connectivity index (χ0) is 16.4. The highest BCUT2D eigenvalue weighted by molar-refractivity contribution is 7.17. The summed E-state index contributed by atoms with van der Waals surface area (Å²) in [4.78, 5) is 14.1. The van der Waals surface area contributed by atoms with Crippen LogP contribution in [0.3, 0.4) is 0 Å². The first-order valence-electron chi connectivity index (χ1n) is 7.88. The Morgan fingerprint density at radius 2 is 1.91 bits per heavy atom. The van der Waals surface area contributed by atoms with Gasteiger partial charge in [0.1, 0.15) is 0 Å². The van der Waals surface area contributed by atoms with Crippen LogP contribution in [0.25, 0.3) is 21.8 Å². The van der Waals surface area contributed by atoms with Crippen molar-refractivity contribution in [2.24, 2.45) is 5.92 Å². The molecule has 2 aromatic heterocycles. The molecule has 3 aromatic rings. The average Bonchev–Trinajstić information content (AvgIpc) is 3.21. The minimum Gasteiger partial charge on any atom is -0.293 e. The van der Waals surface area contributed by atoms with Crippen LogP contribution in [0.2, 0.25) is 0 Å². The lowest BCUT2D eigenvalue weighted by Gasteiger charge is -2.02. The molecule has 0 N–H and O–H groups in total. The molecule has 4 heteroatoms. The van der Waals surface area contributed by atoms with Gasteiger partial charge >= 0.3 is 0 Å². The Morgan fingerprint density at radius 3 is 2.57 bits per heavy atom. The van der Waals surface area contributed by atoms with Crippen molar-refractivity contribution >= 4 is 17.1 Å². The summed E-state index contributed by atoms with van der Waals surface area (Å²) in [6.45, 7) is 6.75. The van der Waals surface area contributed by atoms with E-state index in [0.29, 0.717) is 0 Å². The van der Waals surface area contributed by atoms with Gasteiger partial charge in [-0.05, 0) is 25.1 Å². The first kappa shape index (κ1) is 15.7. The summed E-state index contributed by atoms with van der Waals surface area (Å²) < 4.78 is 2.00. The molecule has 0 bridgehead atoms. The number of hydrogen-bond acceptors (Lipinski definition) is 3. The first-order valence-corrected chi connectivity index (χ1v) is 8.69. The van der Waals surface area contributed by atoms with Crippen molar-refractivity contribution in [2.75, 3.05) is 0 Å². The quantitative estimate of drug-likeness (QED) is 0.609. The van der Waals surface area contributed by atoms with Crippen LogP contribution in [0, 0.1) is 5.92 Å². The number of Topliss-reactive ketones (excluding diaryl/α,β-unsaturated/α-hetero) is 1. The number of aryl methyl sites for hydroxylation is 1. The Balaban J connectivity index is 2.00. The monoisotopic (exact) mass is 324 g/mol. The minimum absolute atomic E-state index is 0.0254. The number of carbonyl (C=O) groups is 1. The molecule has 2 heterocycles. The van der Waals surface area contributed by atoms with Crippen LogP contribution >= 0.6 is 11.3 Å². The Bertz CT molecular complexity index is 815. The van der Waals surface area contributed by atoms with E-state index < -0.39 is 0 Å². The van der Waals surface area contributed by atoms with Crippen molar-refractivity contribution in [3.05, 3.63) is 53.4 Å². The zero-order valence-corrected chi connectivity index (χ0v) is 14.4. The molecule has 0 amide bonds. The number of benzene rings is 1. The third-order valence-electron chi connectivity index (χ3n) is 3.77. The van der Waals surface area contributed by atoms with Gasteiger partial charge in [0.15, 0.2) is 5.78 Å². The smallest absolute Gasteiger partial charge is 0.175 e. The summed E-state index contributed by atoms with van der Waals surface area (Å²) in [5, 5.41) is 4.70. The Hall–Kier alpha value is -2.20. The Labute approximate surface area is 140 Å². The first-order chi connectivity index (χ1) is 11.1. The molecule has 0 saturated carbocycles. The van der Waals surface area contributed by atoms with Crippen LogP contribution < -0.4 is 0 Å². The summed E-state index contributed by atoms with van der Waals surface area (Å²) in [7, 11) is 0. The van der Waals surface area contributed by atoms with E-state index in [2.05, 4.69) is 25.1 Å². The van der Waals surface area contributed by atoms with Crippen LogP contribution in [0.1, 0.15) is 30.4 Å². The normalized spacial score (nSPS) is 11.1. The molecule has 0 fully saturated rings. The molecule has 0 unspecified atom stereocenters. The maximum atomic E-state index is 12.2. The summed E-state index contributed by atoms with van der Waals surface area (Å²) in [5.74, 6) is 0.226. The lowest BCUT2D eigenvalue weighted by Crippen LogP contribution is -2.04. The van der Waals surface area contributed by atoms with Gasteiger partial charge in [-0.2, -0.15) is 5.10 Å². The standard InChI is InChI=1S/C19H20N2OS/c1-4-21-16(12-15(20-21)14-8-6-5-7-9-14)17-10-11-18(23-17)19(22)13(2)3/h5-13H,4H2,1-3H3. The second-order valence-electron chi connectivity index (χ2n) is 5.78. The molecule has 0 radical (unpaired) electrons. The van der Waals surface area contributed by atoms with Crippen LogP contribution in [-0.4, -0.2) is 15.6 Å². The lowest BCUT2D eigenvalue weighted by molar-refractivity contribution is 0.0943. The molecule has 0 spiro atoms. The summed E-state index contributed by atoms with van der Waals surface area (Å²) in [6.07, 6.45) is 0. The fourth-order valence-corrected chi connectivity index (χ4v) is 3.61. The van der Waals surface area contributed by atoms with Gasteiger partial charge in [-0.1, -0.05) is 44.2 Å². The highest BCUT2D eigenvalue weighted by atomic mass is 32.1. The maximum Gasteiger partial charge on any atom is 0.175 e. The van der Waals surface area contributed by atoms with E-state index in [1.165, 1.54) is 0 Å². The van der Waals surface area contributed by atoms with Crippen molar-refractivity contribution in [3.63, 3.8) is 0 Å². The van der Waals surface area contributed by atoms with Crippen molar-refractivity contribution in [2.45, 2.75) is 27.3 Å². The molecule has 0 aliphatic heterocycles. The molecule has 118 valence electrons. The molecule has 0 aliphatic carbocycles. The third-order valence-corrected chi connectivity index (χ3v) is 4.90. The predicted octanol–water partition coefficient (Wildman–Crippen LogP) is 5.14. The number of nitrogens with zero attached hydrogens (tertiary/aromatic N) is 2. The number of aromatic nitrogens is 2. The van der Waals surface area contributed by atoms with Gasteiger partial charge in [0.05, 0.1) is 21.1 Å². The van der Waals surface area contributed by atoms with E-state index in [1.807, 2.05) is 48.9 Å². The zero-order valence-electron chi connectivity index (χ0n) is 13.6. The van der Waals surface area contributed by atoms with E-state index in [1.54, 1.807) is 11.3 Å². The number of thiophene rings is 1. The molecule has 0 saturated heterocycles. The fourth-order valence-electron chi connectivity index (χ4n) is 2.50. The van der Waals surface area contributed by atoms with Crippen LogP contribution in [0.5, 0.6) is 0 Å². The van der Waals surface area contributed by atoms with Gasteiger partial charge in [-0.3, -0.25) is 9.48 Å². The number of hydrogen-bond donors (Lipinski definition) is 0. The topological polar surface area (TPSA) is 34.9 Å². The van der Waals surface area contributed by atoms with Crippen molar-refractivity contribution in [3.8, 4) is 21.8 Å². The van der Waals surface area contributed by atoms with E-state index >= 15 is 0 Å². The highest BCUT2D eigenvalue weighted by Gasteiger charge is 2.16. The van der Waals surface area contributed by atoms with Crippen molar-refractivity contribution < 1.29 is 4.79 Å². The second kappa shape index (κ2) is 6.50. The molecular weight excluding hydrogens is 304 g/mol. The van der Waals surface area contributed by atoms with Gasteiger partial charge in [0.25, 0.3) is 0 Å². The minimum atomic E-state index is 0.0254. The average molecular weight is 324 g/mol. The van der Waals surface area contributed by atoms with Crippen molar-refractivity contribution in [1.29, 1.82) is 0 Å². The van der Waals surface area contributed by atoms with Gasteiger partial charge in [0.2, 0.25) is 0 Å². The van der Waals surface area contributed by atoms with Gasteiger partial charge in [-0.15, -0.1) is 11.3 Å². The number of carbonyl (C=O) groups excluding carboxylic acids is 1. The molecule has 3 nitrogen and oxygen atoms in total. The Kier molecular flexibility index (Phi) is 4.44. The van der Waals surface area contributed by atoms with Crippen LogP contribution in [-0.2, 0) is 6.54 Å². The van der Waals surface area contributed by atoms with Gasteiger partial charge < -0.3 is 0 Å². The Morgan fingerprint density at radius 1 is 1.17 bits per heavy atom. The van der Waals surface area contributed by atoms with Crippen LogP contribution in [0.15, 0.2) is 48.5 Å². The van der Waals surface area contributed by atoms with Gasteiger partial charge in [-0.25, -0.2) is 0 Å². The largest absolute Gasteiger partial charge is 0.293 e. The maximum absolute atomic E-state index is 12.2. The molecular formula is C19H20N2OS. The predicted molar refractivity (Wildman–Crippen MR) is 95.8 cm³/mol. The SMILES string of the molecule is CCn1nc(-c2ccccc2)cc1-c1ccc(C(=O)C(C)C)s1. The molecule has 0 atom stereocenters. The van der Waals surface area contributed by atoms with E-state index in [0.717, 1.165) is 33.3 Å². The van der Waals surface area contributed by atoms with Crippen LogP contribution in [0.4, 0.5) is 0 Å². The lowest BCUT2D eigenvalue weighted by atomic mass is 10.1. The second-order valence-corrected chi connectivity index (χ2v) is 6.86. The van der Waals surface area contributed by atoms with E-state index in [9.17, 15) is 4.79 Å². The van der Waals surface area contributed by atoms with E-state index in [4.69, 9.17) is 5.10 Å². The summed E-state index contributed by atoms with van der Waals surface area (Å²) in [6, 6.07) is 16.2. The fraction of sp³-hybridized carbons (Fsp3) is 0.263. The summed E-state index contributed by atoms with van der Waals surface area (Å²) >= 11 is 1.55. The van der Waals surface area contributed by atoms with Crippen molar-refractivity contribution in [1.82, 2.24) is 9.78 Å². The third kappa shape index (κ3) is 3.13. The molecule has 23 heavy (non-hydrogen) atoms. The highest BCUT2D eigenvalue weighted by Crippen LogP contribution is 2.32. The molecule has 0 aliphatic rings. The molecule has 1 aromatic carbocycles.